The molecule has 2 aliphatic heterocycles. The van der Waals surface area contributed by atoms with Gasteiger partial charge in [0.25, 0.3) is 5.91 Å². The summed E-state index contributed by atoms with van der Waals surface area (Å²) in [6.07, 6.45) is 4.12. The maximum atomic E-state index is 13.2. The molecule has 2 fully saturated rings. The second-order valence-electron chi connectivity index (χ2n) is 7.25. The highest BCUT2D eigenvalue weighted by atomic mass is 16.5. The highest BCUT2D eigenvalue weighted by molar-refractivity contribution is 5.99. The summed E-state index contributed by atoms with van der Waals surface area (Å²) in [5.74, 6) is 1.84. The first-order valence-corrected chi connectivity index (χ1v) is 10.2. The van der Waals surface area contributed by atoms with E-state index < -0.39 is 0 Å². The summed E-state index contributed by atoms with van der Waals surface area (Å²) in [5.41, 5.74) is 1.84. The molecular weight excluding hydrogens is 352 g/mol. The molecule has 1 aromatic heterocycles. The number of piperazine rings is 1. The molecule has 2 aliphatic rings. The van der Waals surface area contributed by atoms with Gasteiger partial charge in [0.05, 0.1) is 17.9 Å². The van der Waals surface area contributed by atoms with Crippen LogP contribution in [0.4, 0.5) is 11.5 Å². The van der Waals surface area contributed by atoms with Crippen LogP contribution < -0.4 is 14.5 Å². The number of ether oxygens (including phenoxy) is 1. The lowest BCUT2D eigenvalue weighted by Crippen LogP contribution is -2.49. The first kappa shape index (κ1) is 18.6. The number of pyridine rings is 1. The van der Waals surface area contributed by atoms with Crippen LogP contribution >= 0.6 is 0 Å². The smallest absolute Gasteiger partial charge is 0.257 e. The Kier molecular flexibility index (Phi) is 5.65. The first-order chi connectivity index (χ1) is 13.8. The molecule has 0 radical (unpaired) electrons. The number of rotatable bonds is 5. The number of benzene rings is 1. The Labute approximate surface area is 166 Å². The van der Waals surface area contributed by atoms with E-state index in [0.717, 1.165) is 49.0 Å². The lowest BCUT2D eigenvalue weighted by Gasteiger charge is -2.37. The molecule has 0 N–H and O–H groups in total. The molecule has 3 heterocycles. The van der Waals surface area contributed by atoms with E-state index in [1.165, 1.54) is 12.8 Å². The van der Waals surface area contributed by atoms with Gasteiger partial charge in [0.15, 0.2) is 0 Å². The van der Waals surface area contributed by atoms with E-state index in [2.05, 4.69) is 20.9 Å². The Bertz CT molecular complexity index is 812. The summed E-state index contributed by atoms with van der Waals surface area (Å²) in [6.45, 7) is 7.62. The van der Waals surface area contributed by atoms with Crippen LogP contribution in [0, 0.1) is 0 Å². The molecule has 148 valence electrons. The van der Waals surface area contributed by atoms with Gasteiger partial charge in [0.2, 0.25) is 0 Å². The van der Waals surface area contributed by atoms with Gasteiger partial charge >= 0.3 is 0 Å². The third kappa shape index (κ3) is 3.77. The van der Waals surface area contributed by atoms with Gasteiger partial charge in [-0.1, -0.05) is 12.1 Å². The van der Waals surface area contributed by atoms with E-state index >= 15 is 0 Å². The molecule has 0 atom stereocenters. The number of hydrogen-bond acceptors (Lipinski definition) is 5. The van der Waals surface area contributed by atoms with E-state index in [1.807, 2.05) is 42.2 Å². The van der Waals surface area contributed by atoms with Crippen LogP contribution in [-0.4, -0.2) is 61.7 Å². The largest absolute Gasteiger partial charge is 0.492 e. The van der Waals surface area contributed by atoms with Crippen molar-refractivity contribution in [2.24, 2.45) is 0 Å². The number of carbonyl (C=O) groups is 1. The maximum Gasteiger partial charge on any atom is 0.257 e. The van der Waals surface area contributed by atoms with Crippen LogP contribution in [-0.2, 0) is 0 Å². The van der Waals surface area contributed by atoms with Gasteiger partial charge in [-0.25, -0.2) is 4.98 Å². The fourth-order valence-electron chi connectivity index (χ4n) is 4.06. The molecule has 0 unspecified atom stereocenters. The number of para-hydroxylation sites is 2. The summed E-state index contributed by atoms with van der Waals surface area (Å²) in [6, 6.07) is 11.9. The van der Waals surface area contributed by atoms with Crippen molar-refractivity contribution in [2.45, 2.75) is 19.8 Å². The third-order valence-corrected chi connectivity index (χ3v) is 5.50. The van der Waals surface area contributed by atoms with E-state index in [0.29, 0.717) is 19.7 Å². The minimum absolute atomic E-state index is 0.0905. The van der Waals surface area contributed by atoms with Crippen LogP contribution in [0.5, 0.6) is 5.75 Å². The molecule has 28 heavy (non-hydrogen) atoms. The molecule has 0 spiro atoms. The number of anilines is 2. The number of amides is 1. The van der Waals surface area contributed by atoms with Crippen molar-refractivity contribution in [1.29, 1.82) is 0 Å². The molecule has 6 heteroatoms. The van der Waals surface area contributed by atoms with Crippen molar-refractivity contribution < 1.29 is 9.53 Å². The van der Waals surface area contributed by atoms with Crippen molar-refractivity contribution >= 4 is 17.4 Å². The topological polar surface area (TPSA) is 48.9 Å². The van der Waals surface area contributed by atoms with Gasteiger partial charge in [-0.3, -0.25) is 4.79 Å². The zero-order chi connectivity index (χ0) is 19.3. The molecule has 4 rings (SSSR count). The predicted molar refractivity (Wildman–Crippen MR) is 111 cm³/mol. The molecule has 0 bridgehead atoms. The lowest BCUT2D eigenvalue weighted by atomic mass is 10.1. The summed E-state index contributed by atoms with van der Waals surface area (Å²) in [7, 11) is 0. The fourth-order valence-corrected chi connectivity index (χ4v) is 4.06. The first-order valence-electron chi connectivity index (χ1n) is 10.2. The summed E-state index contributed by atoms with van der Waals surface area (Å²) >= 11 is 0. The zero-order valence-corrected chi connectivity index (χ0v) is 16.5. The quantitative estimate of drug-likeness (QED) is 0.798. The number of hydrogen-bond donors (Lipinski definition) is 0. The second-order valence-corrected chi connectivity index (χ2v) is 7.25. The predicted octanol–water partition coefficient (Wildman–Crippen LogP) is 3.04. The average molecular weight is 380 g/mol. The summed E-state index contributed by atoms with van der Waals surface area (Å²) < 4.78 is 5.77. The minimum Gasteiger partial charge on any atom is -0.492 e. The van der Waals surface area contributed by atoms with Crippen LogP contribution in [0.1, 0.15) is 30.1 Å². The van der Waals surface area contributed by atoms with Gasteiger partial charge in [-0.2, -0.15) is 0 Å². The number of nitrogens with zero attached hydrogens (tertiary/aromatic N) is 4. The zero-order valence-electron chi connectivity index (χ0n) is 16.5. The second kappa shape index (κ2) is 8.50. The molecule has 6 nitrogen and oxygen atoms in total. The molecule has 2 aromatic rings. The molecule has 0 saturated carbocycles. The van der Waals surface area contributed by atoms with Gasteiger partial charge in [-0.15, -0.1) is 0 Å². The highest BCUT2D eigenvalue weighted by Gasteiger charge is 2.27. The van der Waals surface area contributed by atoms with Crippen LogP contribution in [0.2, 0.25) is 0 Å². The van der Waals surface area contributed by atoms with Crippen LogP contribution in [0.3, 0.4) is 0 Å². The third-order valence-electron chi connectivity index (χ3n) is 5.50. The average Bonchev–Trinajstić information content (AvgIpc) is 3.29. The lowest BCUT2D eigenvalue weighted by molar-refractivity contribution is 0.0747. The highest BCUT2D eigenvalue weighted by Crippen LogP contribution is 2.29. The van der Waals surface area contributed by atoms with Gasteiger partial charge in [0, 0.05) is 45.5 Å². The molecule has 1 aromatic carbocycles. The SMILES string of the molecule is CCOc1ccccc1N1CCN(C(=O)c2cccnc2N2CCCC2)CC1. The van der Waals surface area contributed by atoms with E-state index in [-0.39, 0.29) is 5.91 Å². The number of aromatic nitrogens is 1. The van der Waals surface area contributed by atoms with Crippen LogP contribution in [0.25, 0.3) is 0 Å². The van der Waals surface area contributed by atoms with E-state index in [4.69, 9.17) is 4.74 Å². The minimum atomic E-state index is 0.0905. The van der Waals surface area contributed by atoms with Crippen molar-refractivity contribution in [2.75, 3.05) is 55.7 Å². The Hall–Kier alpha value is -2.76. The molecular formula is C22H28N4O2. The Balaban J connectivity index is 1.45. The monoisotopic (exact) mass is 380 g/mol. The Morgan fingerprint density at radius 2 is 1.71 bits per heavy atom. The van der Waals surface area contributed by atoms with E-state index in [9.17, 15) is 4.79 Å². The van der Waals surface area contributed by atoms with Crippen molar-refractivity contribution in [3.05, 3.63) is 48.2 Å². The normalized spacial score (nSPS) is 17.1. The van der Waals surface area contributed by atoms with Gasteiger partial charge < -0.3 is 19.4 Å². The standard InChI is InChI=1S/C22H28N4O2/c1-2-28-20-10-4-3-9-19(20)24-14-16-26(17-15-24)22(27)18-8-7-11-23-21(18)25-12-5-6-13-25/h3-4,7-11H,2,5-6,12-17H2,1H3. The van der Waals surface area contributed by atoms with Crippen molar-refractivity contribution in [3.8, 4) is 5.75 Å². The summed E-state index contributed by atoms with van der Waals surface area (Å²) in [4.78, 5) is 24.2. The Morgan fingerprint density at radius 1 is 0.964 bits per heavy atom. The number of carbonyl (C=O) groups excluding carboxylic acids is 1. The van der Waals surface area contributed by atoms with Gasteiger partial charge in [-0.05, 0) is 44.0 Å². The molecule has 2 saturated heterocycles. The molecule has 1 amide bonds. The van der Waals surface area contributed by atoms with Crippen LogP contribution in [0.15, 0.2) is 42.6 Å². The Morgan fingerprint density at radius 3 is 2.46 bits per heavy atom. The molecule has 0 aliphatic carbocycles. The fraction of sp³-hybridized carbons (Fsp3) is 0.455. The van der Waals surface area contributed by atoms with Crippen molar-refractivity contribution in [1.82, 2.24) is 9.88 Å². The van der Waals surface area contributed by atoms with E-state index in [1.54, 1.807) is 6.20 Å². The summed E-state index contributed by atoms with van der Waals surface area (Å²) in [5, 5.41) is 0. The van der Waals surface area contributed by atoms with Gasteiger partial charge in [0.1, 0.15) is 11.6 Å². The maximum absolute atomic E-state index is 13.2. The van der Waals surface area contributed by atoms with Crippen molar-refractivity contribution in [3.63, 3.8) is 0 Å².